The Morgan fingerprint density at radius 2 is 1.54 bits per heavy atom. The zero-order chi connectivity index (χ0) is 17.4. The van der Waals surface area contributed by atoms with Gasteiger partial charge in [-0.25, -0.2) is 0 Å². The fourth-order valence-corrected chi connectivity index (χ4v) is 2.91. The van der Waals surface area contributed by atoms with E-state index in [9.17, 15) is 30.3 Å². The summed E-state index contributed by atoms with van der Waals surface area (Å²) in [5, 5.41) is 49.4. The fourth-order valence-electron chi connectivity index (χ4n) is 2.91. The summed E-state index contributed by atoms with van der Waals surface area (Å²) in [7, 11) is 0. The zero-order valence-electron chi connectivity index (χ0n) is 12.6. The van der Waals surface area contributed by atoms with Crippen LogP contribution in [0.5, 0.6) is 0 Å². The Bertz CT molecular complexity index is 681. The van der Waals surface area contributed by atoms with Gasteiger partial charge >= 0.3 is 5.97 Å². The average molecular weight is 337 g/mol. The van der Waals surface area contributed by atoms with Gasteiger partial charge in [-0.15, -0.1) is 0 Å². The molecule has 0 amide bonds. The molecule has 2 unspecified atom stereocenters. The summed E-state index contributed by atoms with van der Waals surface area (Å²) in [6, 6.07) is 9.22. The van der Waals surface area contributed by atoms with E-state index in [0.717, 1.165) is 10.9 Å². The van der Waals surface area contributed by atoms with Crippen LogP contribution in [0.15, 0.2) is 30.3 Å². The van der Waals surface area contributed by atoms with Gasteiger partial charge in [0.1, 0.15) is 30.5 Å². The van der Waals surface area contributed by atoms with Crippen LogP contribution < -0.4 is 0 Å². The third kappa shape index (κ3) is 3.02. The number of nitrogens with one attached hydrogen (secondary N) is 1. The predicted octanol–water partition coefficient (Wildman–Crippen LogP) is -1.56. The fraction of sp³-hybridized carbons (Fsp3) is 0.438. The van der Waals surface area contributed by atoms with E-state index in [2.05, 4.69) is 4.98 Å². The van der Waals surface area contributed by atoms with Crippen LogP contribution >= 0.6 is 0 Å². The molecule has 1 aliphatic rings. The average Bonchev–Trinajstić information content (AvgIpc) is 2.97. The predicted molar refractivity (Wildman–Crippen MR) is 81.9 cm³/mol. The minimum Gasteiger partial charge on any atom is -0.456 e. The Hall–Kier alpha value is -1.97. The lowest BCUT2D eigenvalue weighted by Crippen LogP contribution is -2.64. The smallest absolute Gasteiger partial charge is 0.312 e. The molecule has 0 saturated heterocycles. The molecule has 1 saturated carbocycles. The standard InChI is InChI=1S/C16H19NO7/c18-10(6-8-5-7-3-1-2-4-9(7)17-8)24-16-14(22)12(20)11(19)13(21)15(16)23/h1-5,11-17,19-23H,6H2/t11?,12-,13+,14-,15-,16?/m0/s1. The molecule has 2 aromatic rings. The number of esters is 1. The van der Waals surface area contributed by atoms with Crippen molar-refractivity contribution in [2.75, 3.05) is 0 Å². The molecule has 1 fully saturated rings. The first-order valence-corrected chi connectivity index (χ1v) is 7.55. The van der Waals surface area contributed by atoms with Crippen LogP contribution in [0, 0.1) is 0 Å². The topological polar surface area (TPSA) is 143 Å². The van der Waals surface area contributed by atoms with E-state index in [1.165, 1.54) is 0 Å². The summed E-state index contributed by atoms with van der Waals surface area (Å²) in [5.74, 6) is -0.750. The lowest BCUT2D eigenvalue weighted by molar-refractivity contribution is -0.233. The highest BCUT2D eigenvalue weighted by molar-refractivity contribution is 5.82. The summed E-state index contributed by atoms with van der Waals surface area (Å²) >= 11 is 0. The van der Waals surface area contributed by atoms with Gasteiger partial charge in [0.15, 0.2) is 6.10 Å². The Balaban J connectivity index is 1.69. The quantitative estimate of drug-likeness (QED) is 0.372. The monoisotopic (exact) mass is 337 g/mol. The normalized spacial score (nSPS) is 33.5. The molecule has 1 aromatic carbocycles. The van der Waals surface area contributed by atoms with Gasteiger partial charge < -0.3 is 35.3 Å². The number of hydrogen-bond donors (Lipinski definition) is 6. The highest BCUT2D eigenvalue weighted by atomic mass is 16.6. The Kier molecular flexibility index (Phi) is 4.57. The minimum absolute atomic E-state index is 0.140. The SMILES string of the molecule is O=C(Cc1cc2ccccc2[nH]1)OC1[C@@H](O)[C@H](O)C(O)[C@H](O)[C@@H]1O. The number of ether oxygens (including phenoxy) is 1. The summed E-state index contributed by atoms with van der Waals surface area (Å²) in [5.41, 5.74) is 1.44. The molecule has 0 spiro atoms. The second kappa shape index (κ2) is 6.50. The van der Waals surface area contributed by atoms with Crippen molar-refractivity contribution >= 4 is 16.9 Å². The first-order valence-electron chi connectivity index (χ1n) is 7.55. The van der Waals surface area contributed by atoms with Crippen molar-refractivity contribution in [2.24, 2.45) is 0 Å². The Morgan fingerprint density at radius 1 is 0.958 bits per heavy atom. The number of hydrogen-bond acceptors (Lipinski definition) is 7. The van der Waals surface area contributed by atoms with E-state index in [1.54, 1.807) is 6.07 Å². The molecule has 3 rings (SSSR count). The number of para-hydroxylation sites is 1. The third-order valence-corrected chi connectivity index (χ3v) is 4.26. The summed E-state index contributed by atoms with van der Waals surface area (Å²) in [6.45, 7) is 0. The van der Waals surface area contributed by atoms with E-state index in [-0.39, 0.29) is 6.42 Å². The summed E-state index contributed by atoms with van der Waals surface area (Å²) in [6.07, 6.45) is -10.3. The van der Waals surface area contributed by atoms with Gasteiger partial charge in [0, 0.05) is 11.2 Å². The molecule has 0 bridgehead atoms. The van der Waals surface area contributed by atoms with Crippen LogP contribution in [0.1, 0.15) is 5.69 Å². The van der Waals surface area contributed by atoms with Gasteiger partial charge in [-0.1, -0.05) is 18.2 Å². The van der Waals surface area contributed by atoms with Crippen molar-refractivity contribution < 1.29 is 35.1 Å². The molecule has 0 aliphatic heterocycles. The van der Waals surface area contributed by atoms with Crippen LogP contribution in [-0.4, -0.2) is 73.1 Å². The molecule has 24 heavy (non-hydrogen) atoms. The molecule has 6 N–H and O–H groups in total. The maximum Gasteiger partial charge on any atom is 0.312 e. The van der Waals surface area contributed by atoms with Gasteiger partial charge in [0.25, 0.3) is 0 Å². The van der Waals surface area contributed by atoms with Crippen molar-refractivity contribution in [1.29, 1.82) is 0 Å². The Morgan fingerprint density at radius 3 is 2.17 bits per heavy atom. The van der Waals surface area contributed by atoms with E-state index in [4.69, 9.17) is 4.74 Å². The number of fused-ring (bicyclic) bond motifs is 1. The number of aliphatic hydroxyl groups excluding tert-OH is 5. The largest absolute Gasteiger partial charge is 0.456 e. The summed E-state index contributed by atoms with van der Waals surface area (Å²) in [4.78, 5) is 15.1. The molecule has 0 radical (unpaired) electrons. The number of carbonyl (C=O) groups excluding carboxylic acids is 1. The third-order valence-electron chi connectivity index (χ3n) is 4.26. The van der Waals surface area contributed by atoms with E-state index in [1.807, 2.05) is 24.3 Å². The first kappa shape index (κ1) is 16.9. The van der Waals surface area contributed by atoms with Crippen LogP contribution in [0.25, 0.3) is 10.9 Å². The molecule has 130 valence electrons. The van der Waals surface area contributed by atoms with E-state index in [0.29, 0.717) is 5.69 Å². The molecule has 8 heteroatoms. The number of aliphatic hydroxyl groups is 5. The highest BCUT2D eigenvalue weighted by Crippen LogP contribution is 2.24. The summed E-state index contributed by atoms with van der Waals surface area (Å²) < 4.78 is 5.01. The maximum absolute atomic E-state index is 12.1. The van der Waals surface area contributed by atoms with Crippen molar-refractivity contribution in [3.63, 3.8) is 0 Å². The van der Waals surface area contributed by atoms with Gasteiger partial charge in [-0.2, -0.15) is 0 Å². The van der Waals surface area contributed by atoms with Gasteiger partial charge in [0.2, 0.25) is 0 Å². The lowest BCUT2D eigenvalue weighted by Gasteiger charge is -2.41. The number of aromatic nitrogens is 1. The van der Waals surface area contributed by atoms with Gasteiger partial charge in [-0.3, -0.25) is 4.79 Å². The van der Waals surface area contributed by atoms with Crippen molar-refractivity contribution in [3.05, 3.63) is 36.0 Å². The van der Waals surface area contributed by atoms with Crippen molar-refractivity contribution in [1.82, 2.24) is 4.98 Å². The number of H-pyrrole nitrogens is 1. The van der Waals surface area contributed by atoms with Crippen LogP contribution in [0.3, 0.4) is 0 Å². The number of benzene rings is 1. The van der Waals surface area contributed by atoms with Gasteiger partial charge in [-0.05, 0) is 17.5 Å². The van der Waals surface area contributed by atoms with E-state index >= 15 is 0 Å². The highest BCUT2D eigenvalue weighted by Gasteiger charge is 2.50. The molecule has 8 nitrogen and oxygen atoms in total. The van der Waals surface area contributed by atoms with E-state index < -0.39 is 42.6 Å². The molecule has 1 aromatic heterocycles. The van der Waals surface area contributed by atoms with Crippen LogP contribution in [0.4, 0.5) is 0 Å². The van der Waals surface area contributed by atoms with Crippen molar-refractivity contribution in [2.45, 2.75) is 43.0 Å². The number of aromatic amines is 1. The van der Waals surface area contributed by atoms with Crippen LogP contribution in [-0.2, 0) is 16.0 Å². The Labute approximate surface area is 136 Å². The molecular formula is C16H19NO7. The zero-order valence-corrected chi connectivity index (χ0v) is 12.6. The minimum atomic E-state index is -1.73. The molecule has 1 aliphatic carbocycles. The van der Waals surface area contributed by atoms with Crippen LogP contribution in [0.2, 0.25) is 0 Å². The lowest BCUT2D eigenvalue weighted by atomic mass is 9.85. The first-order chi connectivity index (χ1) is 11.4. The maximum atomic E-state index is 12.1. The van der Waals surface area contributed by atoms with Gasteiger partial charge in [0.05, 0.1) is 6.42 Å². The number of rotatable bonds is 3. The number of carbonyl (C=O) groups is 1. The molecule has 1 heterocycles. The molecular weight excluding hydrogens is 318 g/mol. The second-order valence-electron chi connectivity index (χ2n) is 5.97. The van der Waals surface area contributed by atoms with Crippen molar-refractivity contribution in [3.8, 4) is 0 Å². The molecule has 6 atom stereocenters. The second-order valence-corrected chi connectivity index (χ2v) is 5.97.